The minimum Gasteiger partial charge on any atom is -0.383 e. The van der Waals surface area contributed by atoms with E-state index < -0.39 is 0 Å². The number of methoxy groups -OCH3 is 1. The molecule has 0 aliphatic carbocycles. The zero-order chi connectivity index (χ0) is 7.82. The van der Waals surface area contributed by atoms with E-state index >= 15 is 0 Å². The Labute approximate surface area is 87.1 Å². The standard InChI is InChI=1S/C8H19NO.HI/c1-4-8(5-2)9-6-7-10-3;/h8-9H,4-7H2,1-3H3;1H. The zero-order valence-electron chi connectivity index (χ0n) is 7.72. The topological polar surface area (TPSA) is 21.3 Å². The van der Waals surface area contributed by atoms with Crippen LogP contribution in [0.1, 0.15) is 26.7 Å². The summed E-state index contributed by atoms with van der Waals surface area (Å²) in [4.78, 5) is 0. The van der Waals surface area contributed by atoms with Crippen LogP contribution in [-0.4, -0.2) is 26.3 Å². The molecule has 3 heteroatoms. The lowest BCUT2D eigenvalue weighted by atomic mass is 10.2. The van der Waals surface area contributed by atoms with Crippen LogP contribution in [0.15, 0.2) is 0 Å². The summed E-state index contributed by atoms with van der Waals surface area (Å²) in [6, 6.07) is 0.676. The molecule has 2 nitrogen and oxygen atoms in total. The lowest BCUT2D eigenvalue weighted by Crippen LogP contribution is -2.30. The fourth-order valence-corrected chi connectivity index (χ4v) is 0.942. The normalized spacial score (nSPS) is 9.82. The molecule has 70 valence electrons. The lowest BCUT2D eigenvalue weighted by Gasteiger charge is -2.13. The van der Waals surface area contributed by atoms with E-state index in [1.165, 1.54) is 12.8 Å². The molecule has 0 rings (SSSR count). The molecule has 0 aromatic rings. The fourth-order valence-electron chi connectivity index (χ4n) is 0.942. The first-order valence-corrected chi connectivity index (χ1v) is 4.07. The highest BCUT2D eigenvalue weighted by Gasteiger charge is 1.99. The molecular formula is C8H20INO. The molecule has 0 heterocycles. The van der Waals surface area contributed by atoms with Crippen LogP contribution in [0.5, 0.6) is 0 Å². The molecule has 0 spiro atoms. The van der Waals surface area contributed by atoms with Crippen molar-refractivity contribution in [3.8, 4) is 0 Å². The van der Waals surface area contributed by atoms with Gasteiger partial charge >= 0.3 is 0 Å². The monoisotopic (exact) mass is 273 g/mol. The van der Waals surface area contributed by atoms with Crippen LogP contribution in [-0.2, 0) is 4.74 Å². The van der Waals surface area contributed by atoms with Crippen molar-refractivity contribution in [3.63, 3.8) is 0 Å². The van der Waals surface area contributed by atoms with Crippen molar-refractivity contribution in [1.29, 1.82) is 0 Å². The van der Waals surface area contributed by atoms with Crippen LogP contribution in [0.25, 0.3) is 0 Å². The van der Waals surface area contributed by atoms with Crippen LogP contribution < -0.4 is 5.32 Å². The van der Waals surface area contributed by atoms with E-state index in [2.05, 4.69) is 19.2 Å². The summed E-state index contributed by atoms with van der Waals surface area (Å²) < 4.78 is 4.92. The average molecular weight is 273 g/mol. The van der Waals surface area contributed by atoms with Gasteiger partial charge in [-0.2, -0.15) is 0 Å². The summed E-state index contributed by atoms with van der Waals surface area (Å²) in [6.07, 6.45) is 2.42. The Bertz CT molecular complexity index is 67.1. The Morgan fingerprint density at radius 2 is 1.82 bits per heavy atom. The first kappa shape index (κ1) is 14.2. The Kier molecular flexibility index (Phi) is 13.7. The third-order valence-corrected chi connectivity index (χ3v) is 1.72. The molecule has 0 fully saturated rings. The molecule has 0 aliphatic heterocycles. The molecule has 0 aromatic carbocycles. The van der Waals surface area contributed by atoms with Crippen molar-refractivity contribution in [2.24, 2.45) is 0 Å². The highest BCUT2D eigenvalue weighted by Crippen LogP contribution is 1.94. The minimum atomic E-state index is 0. The van der Waals surface area contributed by atoms with Gasteiger partial charge in [-0.05, 0) is 12.8 Å². The first-order valence-electron chi connectivity index (χ1n) is 4.07. The average Bonchev–Trinajstić information content (AvgIpc) is 1.99. The summed E-state index contributed by atoms with van der Waals surface area (Å²) in [5.74, 6) is 0. The van der Waals surface area contributed by atoms with Crippen molar-refractivity contribution in [3.05, 3.63) is 0 Å². The molecule has 0 saturated heterocycles. The van der Waals surface area contributed by atoms with E-state index in [-0.39, 0.29) is 24.0 Å². The second-order valence-corrected chi connectivity index (χ2v) is 2.46. The second kappa shape index (κ2) is 10.7. The van der Waals surface area contributed by atoms with Gasteiger partial charge in [0.1, 0.15) is 0 Å². The van der Waals surface area contributed by atoms with Crippen LogP contribution in [0.4, 0.5) is 0 Å². The van der Waals surface area contributed by atoms with Gasteiger partial charge in [0.05, 0.1) is 6.61 Å². The summed E-state index contributed by atoms with van der Waals surface area (Å²) in [5, 5.41) is 3.40. The molecule has 0 saturated carbocycles. The van der Waals surface area contributed by atoms with Gasteiger partial charge in [0.25, 0.3) is 0 Å². The Morgan fingerprint density at radius 3 is 2.18 bits per heavy atom. The quantitative estimate of drug-likeness (QED) is 0.590. The second-order valence-electron chi connectivity index (χ2n) is 2.46. The number of halogens is 1. The number of ether oxygens (including phenoxy) is 1. The predicted molar refractivity (Wildman–Crippen MR) is 59.7 cm³/mol. The number of nitrogens with one attached hydrogen (secondary N) is 1. The maximum Gasteiger partial charge on any atom is 0.0587 e. The molecular weight excluding hydrogens is 253 g/mol. The maximum atomic E-state index is 4.92. The van der Waals surface area contributed by atoms with Crippen molar-refractivity contribution in [2.75, 3.05) is 20.3 Å². The van der Waals surface area contributed by atoms with E-state index in [0.717, 1.165) is 13.2 Å². The number of hydrogen-bond acceptors (Lipinski definition) is 2. The van der Waals surface area contributed by atoms with E-state index in [9.17, 15) is 0 Å². The molecule has 0 radical (unpaired) electrons. The van der Waals surface area contributed by atoms with Crippen LogP contribution >= 0.6 is 24.0 Å². The van der Waals surface area contributed by atoms with E-state index in [1.54, 1.807) is 7.11 Å². The Morgan fingerprint density at radius 1 is 1.27 bits per heavy atom. The molecule has 11 heavy (non-hydrogen) atoms. The minimum absolute atomic E-state index is 0. The van der Waals surface area contributed by atoms with Crippen LogP contribution in [0.3, 0.4) is 0 Å². The van der Waals surface area contributed by atoms with E-state index in [4.69, 9.17) is 4.74 Å². The van der Waals surface area contributed by atoms with Crippen molar-refractivity contribution in [2.45, 2.75) is 32.7 Å². The van der Waals surface area contributed by atoms with Gasteiger partial charge in [-0.3, -0.25) is 0 Å². The summed E-state index contributed by atoms with van der Waals surface area (Å²) in [5.41, 5.74) is 0. The van der Waals surface area contributed by atoms with Gasteiger partial charge in [-0.15, -0.1) is 24.0 Å². The third-order valence-electron chi connectivity index (χ3n) is 1.72. The van der Waals surface area contributed by atoms with Crippen molar-refractivity contribution in [1.82, 2.24) is 5.32 Å². The van der Waals surface area contributed by atoms with E-state index in [0.29, 0.717) is 6.04 Å². The SMILES string of the molecule is CCC(CC)NCCOC.I. The van der Waals surface area contributed by atoms with Gasteiger partial charge in [0, 0.05) is 19.7 Å². The van der Waals surface area contributed by atoms with Crippen molar-refractivity contribution < 1.29 is 4.74 Å². The van der Waals surface area contributed by atoms with Gasteiger partial charge in [0.2, 0.25) is 0 Å². The molecule has 0 atom stereocenters. The smallest absolute Gasteiger partial charge is 0.0587 e. The first-order chi connectivity index (χ1) is 4.85. The highest BCUT2D eigenvalue weighted by atomic mass is 127. The molecule has 0 amide bonds. The van der Waals surface area contributed by atoms with Crippen molar-refractivity contribution >= 4 is 24.0 Å². The van der Waals surface area contributed by atoms with Gasteiger partial charge in [-0.25, -0.2) is 0 Å². The molecule has 0 aliphatic rings. The van der Waals surface area contributed by atoms with Crippen LogP contribution in [0, 0.1) is 0 Å². The van der Waals surface area contributed by atoms with E-state index in [1.807, 2.05) is 0 Å². The Hall–Kier alpha value is 0.650. The van der Waals surface area contributed by atoms with Gasteiger partial charge in [0.15, 0.2) is 0 Å². The lowest BCUT2D eigenvalue weighted by molar-refractivity contribution is 0.195. The van der Waals surface area contributed by atoms with Crippen LogP contribution in [0.2, 0.25) is 0 Å². The fraction of sp³-hybridized carbons (Fsp3) is 1.00. The third kappa shape index (κ3) is 8.56. The zero-order valence-corrected chi connectivity index (χ0v) is 10.1. The largest absolute Gasteiger partial charge is 0.383 e. The molecule has 0 aromatic heterocycles. The highest BCUT2D eigenvalue weighted by molar-refractivity contribution is 14.0. The molecule has 0 unspecified atom stereocenters. The van der Waals surface area contributed by atoms with Gasteiger partial charge < -0.3 is 10.1 Å². The maximum absolute atomic E-state index is 4.92. The number of hydrogen-bond donors (Lipinski definition) is 1. The summed E-state index contributed by atoms with van der Waals surface area (Å²) in [6.45, 7) is 6.20. The summed E-state index contributed by atoms with van der Waals surface area (Å²) >= 11 is 0. The number of rotatable bonds is 6. The van der Waals surface area contributed by atoms with Gasteiger partial charge in [-0.1, -0.05) is 13.8 Å². The predicted octanol–water partition coefficient (Wildman–Crippen LogP) is 2.03. The Balaban J connectivity index is 0. The molecule has 1 N–H and O–H groups in total. The summed E-state index contributed by atoms with van der Waals surface area (Å²) in [7, 11) is 1.73. The molecule has 0 bridgehead atoms.